The van der Waals surface area contributed by atoms with Gasteiger partial charge in [0.15, 0.2) is 0 Å². The minimum absolute atomic E-state index is 0. The normalized spacial score (nSPS) is 20.1. The summed E-state index contributed by atoms with van der Waals surface area (Å²) in [5, 5.41) is 2.94. The molecule has 1 aliphatic rings. The molecule has 0 radical (unpaired) electrons. The summed E-state index contributed by atoms with van der Waals surface area (Å²) in [6.07, 6.45) is 0.468. The summed E-state index contributed by atoms with van der Waals surface area (Å²) in [5.41, 5.74) is 8.39. The molecule has 2 atom stereocenters. The second kappa shape index (κ2) is 9.34. The largest absolute Gasteiger partial charge is 0.326 e. The highest BCUT2D eigenvalue weighted by Crippen LogP contribution is 2.26. The van der Waals surface area contributed by atoms with Gasteiger partial charge in [0, 0.05) is 42.5 Å². The number of carbonyl (C=O) groups excluding carboxylic acids is 1. The number of rotatable bonds is 5. The standard InChI is InChI=1S/C19H22BrN3O.ClH/c20-16-8-4-5-9-18(16)22-19(24)10-11-23-12-15(17(21)13-23)14-6-2-1-3-7-14;/h1-9,15,17H,10-13,21H2,(H,22,24);1H/t15-,17+;/m0./s1. The van der Waals surface area contributed by atoms with Crippen LogP contribution in [0, 0.1) is 0 Å². The molecule has 6 heteroatoms. The van der Waals surface area contributed by atoms with E-state index in [9.17, 15) is 4.79 Å². The van der Waals surface area contributed by atoms with Crippen LogP contribution in [0.1, 0.15) is 17.9 Å². The first-order chi connectivity index (χ1) is 11.6. The summed E-state index contributed by atoms with van der Waals surface area (Å²) in [6.45, 7) is 2.47. The fourth-order valence-electron chi connectivity index (χ4n) is 3.18. The number of nitrogens with zero attached hydrogens (tertiary/aromatic N) is 1. The molecule has 1 aliphatic heterocycles. The van der Waals surface area contributed by atoms with Crippen LogP contribution in [-0.4, -0.2) is 36.5 Å². The van der Waals surface area contributed by atoms with Gasteiger partial charge in [-0.25, -0.2) is 0 Å². The minimum atomic E-state index is 0. The molecule has 0 spiro atoms. The quantitative estimate of drug-likeness (QED) is 0.770. The smallest absolute Gasteiger partial charge is 0.225 e. The Labute approximate surface area is 163 Å². The van der Waals surface area contributed by atoms with Crippen molar-refractivity contribution in [2.45, 2.75) is 18.4 Å². The van der Waals surface area contributed by atoms with Gasteiger partial charge in [0.2, 0.25) is 5.91 Å². The lowest BCUT2D eigenvalue weighted by molar-refractivity contribution is -0.116. The molecule has 0 aliphatic carbocycles. The van der Waals surface area contributed by atoms with E-state index in [2.05, 4.69) is 50.4 Å². The van der Waals surface area contributed by atoms with Crippen LogP contribution in [0.5, 0.6) is 0 Å². The monoisotopic (exact) mass is 423 g/mol. The van der Waals surface area contributed by atoms with Gasteiger partial charge in [-0.15, -0.1) is 12.4 Å². The molecule has 1 saturated heterocycles. The number of carbonyl (C=O) groups is 1. The molecule has 1 amide bonds. The van der Waals surface area contributed by atoms with Crippen molar-refractivity contribution >= 4 is 39.9 Å². The van der Waals surface area contributed by atoms with Gasteiger partial charge in [0.05, 0.1) is 5.69 Å². The number of likely N-dealkylation sites (tertiary alicyclic amines) is 1. The molecule has 0 unspecified atom stereocenters. The van der Waals surface area contributed by atoms with Crippen molar-refractivity contribution in [1.82, 2.24) is 4.90 Å². The number of amides is 1. The van der Waals surface area contributed by atoms with Crippen LogP contribution in [0.4, 0.5) is 5.69 Å². The fourth-order valence-corrected chi connectivity index (χ4v) is 3.57. The second-order valence-corrected chi connectivity index (χ2v) is 7.07. The predicted molar refractivity (Wildman–Crippen MR) is 108 cm³/mol. The maximum absolute atomic E-state index is 12.2. The van der Waals surface area contributed by atoms with Crippen LogP contribution in [0.25, 0.3) is 0 Å². The lowest BCUT2D eigenvalue weighted by atomic mass is 9.95. The average molecular weight is 425 g/mol. The Balaban J connectivity index is 0.00000225. The van der Waals surface area contributed by atoms with Crippen molar-refractivity contribution < 1.29 is 4.79 Å². The maximum atomic E-state index is 12.2. The van der Waals surface area contributed by atoms with Gasteiger partial charge in [0.1, 0.15) is 0 Å². The van der Waals surface area contributed by atoms with Crippen molar-refractivity contribution in [3.63, 3.8) is 0 Å². The van der Waals surface area contributed by atoms with E-state index < -0.39 is 0 Å². The molecule has 0 aromatic heterocycles. The topological polar surface area (TPSA) is 58.4 Å². The van der Waals surface area contributed by atoms with Crippen molar-refractivity contribution in [1.29, 1.82) is 0 Å². The molecule has 2 aromatic carbocycles. The molecule has 3 rings (SSSR count). The van der Waals surface area contributed by atoms with E-state index >= 15 is 0 Å². The Morgan fingerprint density at radius 3 is 2.52 bits per heavy atom. The molecule has 0 saturated carbocycles. The molecule has 3 N–H and O–H groups in total. The number of para-hydroxylation sites is 1. The molecular weight excluding hydrogens is 402 g/mol. The third-order valence-corrected chi connectivity index (χ3v) is 5.16. The second-order valence-electron chi connectivity index (χ2n) is 6.22. The highest BCUT2D eigenvalue weighted by Gasteiger charge is 2.31. The molecular formula is C19H23BrClN3O. The van der Waals surface area contributed by atoms with Crippen molar-refractivity contribution in [3.05, 3.63) is 64.6 Å². The lowest BCUT2D eigenvalue weighted by Gasteiger charge is -2.16. The van der Waals surface area contributed by atoms with Crippen LogP contribution in [-0.2, 0) is 4.79 Å². The molecule has 4 nitrogen and oxygen atoms in total. The van der Waals surface area contributed by atoms with Crippen LogP contribution in [0.3, 0.4) is 0 Å². The third-order valence-electron chi connectivity index (χ3n) is 4.47. The van der Waals surface area contributed by atoms with Crippen molar-refractivity contribution in [2.24, 2.45) is 5.73 Å². The van der Waals surface area contributed by atoms with Gasteiger partial charge in [-0.2, -0.15) is 0 Å². The maximum Gasteiger partial charge on any atom is 0.225 e. The number of hydrogen-bond donors (Lipinski definition) is 2. The van der Waals surface area contributed by atoms with Gasteiger partial charge in [-0.05, 0) is 33.6 Å². The summed E-state index contributed by atoms with van der Waals surface area (Å²) in [5.74, 6) is 0.371. The van der Waals surface area contributed by atoms with Crippen LogP contribution in [0.15, 0.2) is 59.1 Å². The van der Waals surface area contributed by atoms with Crippen LogP contribution in [0.2, 0.25) is 0 Å². The van der Waals surface area contributed by atoms with E-state index in [-0.39, 0.29) is 24.4 Å². The number of nitrogens with one attached hydrogen (secondary N) is 1. The highest BCUT2D eigenvalue weighted by molar-refractivity contribution is 9.10. The number of benzene rings is 2. The summed E-state index contributed by atoms with van der Waals surface area (Å²) in [7, 11) is 0. The number of hydrogen-bond acceptors (Lipinski definition) is 3. The molecule has 0 bridgehead atoms. The number of halogens is 2. The van der Waals surface area contributed by atoms with E-state index in [1.807, 2.05) is 30.3 Å². The summed E-state index contributed by atoms with van der Waals surface area (Å²) < 4.78 is 0.894. The van der Waals surface area contributed by atoms with Gasteiger partial charge in [-0.3, -0.25) is 4.79 Å². The average Bonchev–Trinajstić information content (AvgIpc) is 2.97. The van der Waals surface area contributed by atoms with E-state index in [0.29, 0.717) is 12.3 Å². The predicted octanol–water partition coefficient (Wildman–Crippen LogP) is 3.63. The molecule has 1 heterocycles. The fraction of sp³-hybridized carbons (Fsp3) is 0.316. The van der Waals surface area contributed by atoms with E-state index in [1.165, 1.54) is 5.56 Å². The Morgan fingerprint density at radius 1 is 1.12 bits per heavy atom. The summed E-state index contributed by atoms with van der Waals surface area (Å²) in [6, 6.07) is 18.2. The molecule has 1 fully saturated rings. The van der Waals surface area contributed by atoms with Crippen LogP contribution < -0.4 is 11.1 Å². The molecule has 134 valence electrons. The highest BCUT2D eigenvalue weighted by atomic mass is 79.9. The first kappa shape index (κ1) is 19.9. The summed E-state index contributed by atoms with van der Waals surface area (Å²) in [4.78, 5) is 14.4. The zero-order valence-electron chi connectivity index (χ0n) is 13.9. The first-order valence-electron chi connectivity index (χ1n) is 8.21. The Bertz CT molecular complexity index is 698. The Morgan fingerprint density at radius 2 is 1.80 bits per heavy atom. The Hall–Kier alpha value is -1.40. The van der Waals surface area contributed by atoms with Gasteiger partial charge >= 0.3 is 0 Å². The van der Waals surface area contributed by atoms with Crippen LogP contribution >= 0.6 is 28.3 Å². The molecule has 25 heavy (non-hydrogen) atoms. The molecule has 2 aromatic rings. The minimum Gasteiger partial charge on any atom is -0.326 e. The summed E-state index contributed by atoms with van der Waals surface area (Å²) >= 11 is 3.44. The zero-order chi connectivity index (χ0) is 16.9. The van der Waals surface area contributed by atoms with Gasteiger partial charge in [-0.1, -0.05) is 42.5 Å². The van der Waals surface area contributed by atoms with Gasteiger partial charge in [0.25, 0.3) is 0 Å². The SMILES string of the molecule is Cl.N[C@@H]1CN(CCC(=O)Nc2ccccc2Br)C[C@H]1c1ccccc1. The van der Waals surface area contributed by atoms with Crippen molar-refractivity contribution in [2.75, 3.05) is 25.0 Å². The lowest BCUT2D eigenvalue weighted by Crippen LogP contribution is -2.30. The van der Waals surface area contributed by atoms with E-state index in [4.69, 9.17) is 5.73 Å². The van der Waals surface area contributed by atoms with E-state index in [1.54, 1.807) is 0 Å². The number of anilines is 1. The number of nitrogens with two attached hydrogens (primary N) is 1. The van der Waals surface area contributed by atoms with Crippen molar-refractivity contribution in [3.8, 4) is 0 Å². The van der Waals surface area contributed by atoms with Gasteiger partial charge < -0.3 is 16.0 Å². The zero-order valence-corrected chi connectivity index (χ0v) is 16.3. The van der Waals surface area contributed by atoms with E-state index in [0.717, 1.165) is 29.8 Å². The Kier molecular flexibility index (Phi) is 7.44. The first-order valence-corrected chi connectivity index (χ1v) is 9.00. The third kappa shape index (κ3) is 5.28.